The quantitative estimate of drug-likeness (QED) is 0.0383. The molecule has 81 heavy (non-hydrogen) atoms. The van der Waals surface area contributed by atoms with Gasteiger partial charge in [0.1, 0.15) is 0 Å². The molecule has 0 unspecified atom stereocenters. The number of unbranched alkanes of at least 4 members (excludes halogenated alkanes) is 20. The minimum atomic E-state index is -0.0284. The number of benzene rings is 7. The van der Waals surface area contributed by atoms with E-state index in [1.54, 1.807) is 5.56 Å². The van der Waals surface area contributed by atoms with Crippen molar-refractivity contribution in [3.63, 3.8) is 0 Å². The molecular weight excluding hydrogens is 977 g/mol. The Morgan fingerprint density at radius 1 is 0.296 bits per heavy atom. The smallest absolute Gasteiger partial charge is 0.0979 e. The number of hydrogen-bond donors (Lipinski definition) is 0. The van der Waals surface area contributed by atoms with Crippen molar-refractivity contribution in [1.82, 2.24) is 9.97 Å². The first-order chi connectivity index (χ1) is 39.9. The molecule has 1 heterocycles. The van der Waals surface area contributed by atoms with E-state index in [1.807, 2.05) is 0 Å². The van der Waals surface area contributed by atoms with Crippen molar-refractivity contribution in [3.8, 4) is 67.0 Å². The van der Waals surface area contributed by atoms with Gasteiger partial charge >= 0.3 is 0 Å². The highest BCUT2D eigenvalue weighted by Gasteiger charge is 2.42. The Hall–Kier alpha value is -6.12. The SMILES string of the molecule is CCCCCCCCc1cc(C)ccc1-c1ccc(-c2ccc(-c3ccc4c(c3)C(CCCCCCCC)(CCCCCCCC)c3cc(C)ccc3-4)c3nc(-c4ccccc4)c(-c4ccccc4)nc23)cc1CCCCCCCC. The van der Waals surface area contributed by atoms with Crippen molar-refractivity contribution < 1.29 is 0 Å². The maximum atomic E-state index is 5.92. The van der Waals surface area contributed by atoms with Crippen LogP contribution < -0.4 is 0 Å². The maximum absolute atomic E-state index is 5.92. The van der Waals surface area contributed by atoms with Gasteiger partial charge in [0.05, 0.1) is 22.4 Å². The molecule has 7 aromatic carbocycles. The molecule has 0 atom stereocenters. The molecule has 2 nitrogen and oxygen atoms in total. The van der Waals surface area contributed by atoms with Crippen LogP contribution in [0.1, 0.15) is 228 Å². The summed E-state index contributed by atoms with van der Waals surface area (Å²) in [4.78, 5) is 11.8. The molecule has 2 heteroatoms. The molecule has 1 aromatic heterocycles. The summed E-state index contributed by atoms with van der Waals surface area (Å²) in [5.74, 6) is 0. The van der Waals surface area contributed by atoms with Gasteiger partial charge in [-0.05, 0) is 114 Å². The lowest BCUT2D eigenvalue weighted by Gasteiger charge is -2.33. The normalized spacial score (nSPS) is 12.6. The number of rotatable bonds is 33. The zero-order valence-corrected chi connectivity index (χ0v) is 51.0. The number of aromatic nitrogens is 2. The Kier molecular flexibility index (Phi) is 22.2. The van der Waals surface area contributed by atoms with Gasteiger partial charge in [-0.1, -0.05) is 320 Å². The Morgan fingerprint density at radius 3 is 1.14 bits per heavy atom. The Bertz CT molecular complexity index is 3220. The molecule has 0 spiro atoms. The summed E-state index contributed by atoms with van der Waals surface area (Å²) in [6, 6.07) is 55.9. The molecule has 8 aromatic rings. The first kappa shape index (κ1) is 59.5. The highest BCUT2D eigenvalue weighted by molar-refractivity contribution is 6.03. The summed E-state index contributed by atoms with van der Waals surface area (Å²) < 4.78 is 0. The van der Waals surface area contributed by atoms with Crippen molar-refractivity contribution in [3.05, 3.63) is 179 Å². The van der Waals surface area contributed by atoms with Crippen LogP contribution in [0.5, 0.6) is 0 Å². The zero-order valence-electron chi connectivity index (χ0n) is 51.0. The minimum absolute atomic E-state index is 0.0284. The van der Waals surface area contributed by atoms with Gasteiger partial charge in [-0.15, -0.1) is 0 Å². The molecule has 0 aliphatic heterocycles. The third-order valence-electron chi connectivity index (χ3n) is 18.2. The van der Waals surface area contributed by atoms with Gasteiger partial charge < -0.3 is 0 Å². The van der Waals surface area contributed by atoms with E-state index < -0.39 is 0 Å². The monoisotopic (exact) mass is 1070 g/mol. The lowest BCUT2D eigenvalue weighted by molar-refractivity contribution is 0.398. The number of nitrogens with zero attached hydrogens (tertiary/aromatic N) is 2. The summed E-state index contributed by atoms with van der Waals surface area (Å²) in [5.41, 5.74) is 25.1. The fourth-order valence-corrected chi connectivity index (χ4v) is 13.7. The van der Waals surface area contributed by atoms with Gasteiger partial charge in [-0.3, -0.25) is 0 Å². The second-order valence-electron chi connectivity index (χ2n) is 24.5. The summed E-state index contributed by atoms with van der Waals surface area (Å²) in [6.45, 7) is 13.9. The van der Waals surface area contributed by atoms with Crippen LogP contribution >= 0.6 is 0 Å². The van der Waals surface area contributed by atoms with Crippen LogP contribution in [0, 0.1) is 13.8 Å². The van der Waals surface area contributed by atoms with Crippen molar-refractivity contribution in [2.75, 3.05) is 0 Å². The number of fused-ring (bicyclic) bond motifs is 4. The van der Waals surface area contributed by atoms with Crippen LogP contribution in [0.15, 0.2) is 146 Å². The lowest BCUT2D eigenvalue weighted by atomic mass is 9.70. The first-order valence-electron chi connectivity index (χ1n) is 32.8. The molecule has 0 radical (unpaired) electrons. The van der Waals surface area contributed by atoms with Crippen molar-refractivity contribution >= 4 is 11.0 Å². The van der Waals surface area contributed by atoms with Crippen LogP contribution in [0.4, 0.5) is 0 Å². The molecule has 9 rings (SSSR count). The molecule has 1 aliphatic rings. The number of aryl methyl sites for hydroxylation is 4. The van der Waals surface area contributed by atoms with Gasteiger partial charge in [0.2, 0.25) is 0 Å². The molecule has 0 saturated carbocycles. The van der Waals surface area contributed by atoms with Crippen LogP contribution in [0.2, 0.25) is 0 Å². The maximum Gasteiger partial charge on any atom is 0.0979 e. The van der Waals surface area contributed by atoms with E-state index in [4.69, 9.17) is 9.97 Å². The van der Waals surface area contributed by atoms with E-state index in [9.17, 15) is 0 Å². The van der Waals surface area contributed by atoms with Crippen LogP contribution in [0.25, 0.3) is 78.1 Å². The van der Waals surface area contributed by atoms with Gasteiger partial charge in [0.25, 0.3) is 0 Å². The lowest BCUT2D eigenvalue weighted by Crippen LogP contribution is -2.25. The summed E-state index contributed by atoms with van der Waals surface area (Å²) in [7, 11) is 0. The molecule has 0 bridgehead atoms. The third-order valence-corrected chi connectivity index (χ3v) is 18.2. The van der Waals surface area contributed by atoms with Crippen molar-refractivity contribution in [2.24, 2.45) is 0 Å². The van der Waals surface area contributed by atoms with Gasteiger partial charge in [-0.2, -0.15) is 0 Å². The van der Waals surface area contributed by atoms with Crippen molar-refractivity contribution in [2.45, 2.75) is 227 Å². The molecule has 0 N–H and O–H groups in total. The van der Waals surface area contributed by atoms with E-state index in [2.05, 4.69) is 187 Å². The molecule has 1 aliphatic carbocycles. The highest BCUT2D eigenvalue weighted by Crippen LogP contribution is 2.56. The summed E-state index contributed by atoms with van der Waals surface area (Å²) >= 11 is 0. The van der Waals surface area contributed by atoms with Crippen LogP contribution in [0.3, 0.4) is 0 Å². The topological polar surface area (TPSA) is 25.8 Å². The predicted molar refractivity (Wildman–Crippen MR) is 353 cm³/mol. The van der Waals surface area contributed by atoms with Crippen LogP contribution in [-0.4, -0.2) is 9.97 Å². The molecule has 0 amide bonds. The van der Waals surface area contributed by atoms with E-state index in [-0.39, 0.29) is 5.41 Å². The highest BCUT2D eigenvalue weighted by atomic mass is 14.8. The zero-order chi connectivity index (χ0) is 56.2. The molecule has 424 valence electrons. The fourth-order valence-electron chi connectivity index (χ4n) is 13.7. The predicted octanol–water partition coefficient (Wildman–Crippen LogP) is 24.2. The average molecular weight is 1080 g/mol. The van der Waals surface area contributed by atoms with E-state index in [0.29, 0.717) is 0 Å². The number of hydrogen-bond acceptors (Lipinski definition) is 2. The Balaban J connectivity index is 1.21. The summed E-state index contributed by atoms with van der Waals surface area (Å²) in [6.07, 6.45) is 35.8. The van der Waals surface area contributed by atoms with E-state index in [1.165, 1.54) is 228 Å². The Morgan fingerprint density at radius 2 is 0.654 bits per heavy atom. The fraction of sp³-hybridized carbons (Fsp3) is 0.443. The largest absolute Gasteiger partial charge is 0.243 e. The van der Waals surface area contributed by atoms with Crippen molar-refractivity contribution in [1.29, 1.82) is 0 Å². The van der Waals surface area contributed by atoms with Crippen LogP contribution in [-0.2, 0) is 18.3 Å². The second kappa shape index (κ2) is 30.3. The second-order valence-corrected chi connectivity index (χ2v) is 24.5. The standard InChI is InChI=1S/C79H98N2/c1-7-11-15-19-23-29-41-63-55-59(5)43-47-67(63)68-49-45-65(57-64(68)42-30-24-20-16-12-8-2)69-51-52-70(78-77(69)80-75(61-37-31-27-32-38-61)76(81-78)62-39-33-28-34-40-62)66-46-50-72-71-48-44-60(6)56-73(71)79(74(72)58-66,53-35-25-21-17-13-9-3)54-36-26-22-18-14-10-4/h27-28,31-34,37-40,43-52,55-58H,7-26,29-30,35-36,41-42,53-54H2,1-6H3. The van der Waals surface area contributed by atoms with Gasteiger partial charge in [0, 0.05) is 27.7 Å². The molecule has 0 fully saturated rings. The summed E-state index contributed by atoms with van der Waals surface area (Å²) in [5, 5.41) is 0. The average Bonchev–Trinajstić information content (AvgIpc) is 2.95. The third kappa shape index (κ3) is 14.7. The first-order valence-corrected chi connectivity index (χ1v) is 32.8. The van der Waals surface area contributed by atoms with E-state index >= 15 is 0 Å². The van der Waals surface area contributed by atoms with Gasteiger partial charge in [-0.25, -0.2) is 9.97 Å². The molecule has 0 saturated heterocycles. The van der Waals surface area contributed by atoms with E-state index in [0.717, 1.165) is 57.5 Å². The minimum Gasteiger partial charge on any atom is -0.243 e. The Labute approximate surface area is 491 Å². The molecular formula is C79H98N2. The van der Waals surface area contributed by atoms with Gasteiger partial charge in [0.15, 0.2) is 0 Å².